The number of aromatic nitrogens is 2. The van der Waals surface area contributed by atoms with E-state index in [1.165, 1.54) is 0 Å². The molecule has 0 amide bonds. The van der Waals surface area contributed by atoms with E-state index in [1.807, 2.05) is 41.3 Å². The average Bonchev–Trinajstić information content (AvgIpc) is 2.65. The average molecular weight is 451 g/mol. The number of nitrogens with zero attached hydrogens (tertiary/aromatic N) is 3. The van der Waals surface area contributed by atoms with Gasteiger partial charge in [0.15, 0.2) is 0 Å². The van der Waals surface area contributed by atoms with Gasteiger partial charge in [0.1, 0.15) is 15.2 Å². The van der Waals surface area contributed by atoms with Gasteiger partial charge in [-0.2, -0.15) is 0 Å². The molecule has 0 atom stereocenters. The van der Waals surface area contributed by atoms with E-state index in [0.717, 1.165) is 26.1 Å². The number of anilines is 2. The predicted octanol–water partition coefficient (Wildman–Crippen LogP) is 3.38. The van der Waals surface area contributed by atoms with Gasteiger partial charge in [0.25, 0.3) is 0 Å². The van der Waals surface area contributed by atoms with Crippen LogP contribution in [0.15, 0.2) is 42.6 Å². The molecule has 25 heavy (non-hydrogen) atoms. The summed E-state index contributed by atoms with van der Waals surface area (Å²) < 4.78 is 11.5. The Morgan fingerprint density at radius 1 is 1.00 bits per heavy atom. The van der Waals surface area contributed by atoms with Crippen LogP contribution in [0, 0.1) is 3.70 Å². The lowest BCUT2D eigenvalue weighted by Gasteiger charge is -2.25. The van der Waals surface area contributed by atoms with Crippen molar-refractivity contribution in [2.45, 2.75) is 0 Å². The Hall–Kier alpha value is -2.13. The number of aliphatic hydroxyl groups excluding tert-OH is 1. The minimum Gasteiger partial charge on any atom is -0.497 e. The van der Waals surface area contributed by atoms with Crippen molar-refractivity contribution in [1.29, 1.82) is 0 Å². The summed E-state index contributed by atoms with van der Waals surface area (Å²) in [6, 6.07) is 11.5. The van der Waals surface area contributed by atoms with Gasteiger partial charge < -0.3 is 19.5 Å². The van der Waals surface area contributed by atoms with E-state index in [1.54, 1.807) is 20.4 Å². The number of methoxy groups -OCH3 is 2. The van der Waals surface area contributed by atoms with E-state index in [4.69, 9.17) is 9.47 Å². The molecule has 3 rings (SSSR count). The smallest absolute Gasteiger partial charge is 0.124 e. The van der Waals surface area contributed by atoms with Crippen molar-refractivity contribution in [3.05, 3.63) is 46.3 Å². The number of halogens is 1. The molecule has 1 heterocycles. The molecule has 0 bridgehead atoms. The third kappa shape index (κ3) is 3.93. The van der Waals surface area contributed by atoms with Gasteiger partial charge in [-0.05, 0) is 40.8 Å². The van der Waals surface area contributed by atoms with Crippen molar-refractivity contribution in [3.63, 3.8) is 0 Å². The van der Waals surface area contributed by atoms with Crippen molar-refractivity contribution in [2.75, 3.05) is 32.3 Å². The van der Waals surface area contributed by atoms with E-state index in [-0.39, 0.29) is 6.61 Å². The van der Waals surface area contributed by atoms with Crippen molar-refractivity contribution >= 4 is 45.0 Å². The fourth-order valence-corrected chi connectivity index (χ4v) is 3.00. The maximum atomic E-state index is 9.54. The molecule has 0 saturated carbocycles. The van der Waals surface area contributed by atoms with Crippen LogP contribution in [0.4, 0.5) is 11.4 Å². The lowest BCUT2D eigenvalue weighted by atomic mass is 10.2. The predicted molar refractivity (Wildman–Crippen MR) is 106 cm³/mol. The summed E-state index contributed by atoms with van der Waals surface area (Å²) in [4.78, 5) is 10.9. The van der Waals surface area contributed by atoms with Gasteiger partial charge in [-0.3, -0.25) is 4.98 Å². The van der Waals surface area contributed by atoms with E-state index in [2.05, 4.69) is 32.6 Å². The molecule has 7 heteroatoms. The van der Waals surface area contributed by atoms with Crippen LogP contribution in [0.3, 0.4) is 0 Å². The van der Waals surface area contributed by atoms with Gasteiger partial charge >= 0.3 is 0 Å². The van der Waals surface area contributed by atoms with Crippen molar-refractivity contribution in [3.8, 4) is 11.5 Å². The zero-order valence-electron chi connectivity index (χ0n) is 13.9. The quantitative estimate of drug-likeness (QED) is 0.580. The highest BCUT2D eigenvalue weighted by Crippen LogP contribution is 2.33. The summed E-state index contributed by atoms with van der Waals surface area (Å²) in [6.07, 6.45) is 1.74. The summed E-state index contributed by atoms with van der Waals surface area (Å²) in [5.41, 5.74) is 3.41. The van der Waals surface area contributed by atoms with Crippen LogP contribution in [0.25, 0.3) is 11.0 Å². The normalized spacial score (nSPS) is 10.7. The molecule has 130 valence electrons. The number of rotatable bonds is 6. The molecule has 0 aliphatic carbocycles. The molecule has 0 aliphatic heterocycles. The van der Waals surface area contributed by atoms with Gasteiger partial charge in [-0.25, -0.2) is 4.98 Å². The molecule has 2 aromatic carbocycles. The van der Waals surface area contributed by atoms with Gasteiger partial charge in [0.05, 0.1) is 38.1 Å². The third-order valence-electron chi connectivity index (χ3n) is 3.78. The van der Waals surface area contributed by atoms with E-state index in [0.29, 0.717) is 18.0 Å². The molecule has 0 spiro atoms. The maximum Gasteiger partial charge on any atom is 0.124 e. The van der Waals surface area contributed by atoms with E-state index in [9.17, 15) is 5.11 Å². The van der Waals surface area contributed by atoms with Crippen LogP contribution < -0.4 is 14.4 Å². The highest BCUT2D eigenvalue weighted by Gasteiger charge is 2.13. The molecule has 0 saturated heterocycles. The van der Waals surface area contributed by atoms with Gasteiger partial charge in [-0.1, -0.05) is 0 Å². The van der Waals surface area contributed by atoms with Crippen LogP contribution in [0.5, 0.6) is 11.5 Å². The van der Waals surface area contributed by atoms with Gasteiger partial charge in [0, 0.05) is 36.1 Å². The first-order chi connectivity index (χ1) is 12.1. The first kappa shape index (κ1) is 17.7. The number of ether oxygens (including phenoxy) is 2. The summed E-state index contributed by atoms with van der Waals surface area (Å²) in [7, 11) is 3.23. The van der Waals surface area contributed by atoms with E-state index >= 15 is 0 Å². The second-order valence-electron chi connectivity index (χ2n) is 5.31. The lowest BCUT2D eigenvalue weighted by molar-refractivity contribution is 0.305. The van der Waals surface area contributed by atoms with Crippen LogP contribution in [-0.4, -0.2) is 42.4 Å². The number of benzene rings is 2. The topological polar surface area (TPSA) is 67.7 Å². The highest BCUT2D eigenvalue weighted by atomic mass is 127. The van der Waals surface area contributed by atoms with Gasteiger partial charge in [-0.15, -0.1) is 0 Å². The standard InChI is InChI=1S/C18H18IN3O3/c1-24-14-7-13(8-15(10-14)25-2)22(5-6-23)12-3-4-16-17(9-12)21-18(19)11-20-16/h3-4,7-11,23H,5-6H2,1-2H3. The fraction of sp³-hybridized carbons (Fsp3) is 0.222. The zero-order chi connectivity index (χ0) is 17.8. The molecule has 0 unspecified atom stereocenters. The molecule has 6 nitrogen and oxygen atoms in total. The minimum absolute atomic E-state index is 0.00949. The third-order valence-corrected chi connectivity index (χ3v) is 4.30. The Morgan fingerprint density at radius 3 is 2.36 bits per heavy atom. The summed E-state index contributed by atoms with van der Waals surface area (Å²) in [5, 5.41) is 9.54. The summed E-state index contributed by atoms with van der Waals surface area (Å²) >= 11 is 2.14. The number of aliphatic hydroxyl groups is 1. The fourth-order valence-electron chi connectivity index (χ4n) is 2.60. The largest absolute Gasteiger partial charge is 0.497 e. The van der Waals surface area contributed by atoms with Crippen LogP contribution >= 0.6 is 22.6 Å². The van der Waals surface area contributed by atoms with Crippen molar-refractivity contribution in [1.82, 2.24) is 9.97 Å². The van der Waals surface area contributed by atoms with Crippen LogP contribution in [0.1, 0.15) is 0 Å². The first-order valence-corrected chi connectivity index (χ1v) is 8.76. The summed E-state index contributed by atoms with van der Waals surface area (Å²) in [6.45, 7) is 0.439. The molecule has 1 aromatic heterocycles. The monoisotopic (exact) mass is 451 g/mol. The first-order valence-electron chi connectivity index (χ1n) is 7.68. The summed E-state index contributed by atoms with van der Waals surface area (Å²) in [5.74, 6) is 1.37. The molecule has 0 fully saturated rings. The van der Waals surface area contributed by atoms with Crippen LogP contribution in [-0.2, 0) is 0 Å². The Kier molecular flexibility index (Phi) is 5.54. The molecule has 0 aliphatic rings. The number of fused-ring (bicyclic) bond motifs is 1. The van der Waals surface area contributed by atoms with Gasteiger partial charge in [0.2, 0.25) is 0 Å². The Bertz CT molecular complexity index is 866. The van der Waals surface area contributed by atoms with E-state index < -0.39 is 0 Å². The Morgan fingerprint density at radius 2 is 1.72 bits per heavy atom. The highest BCUT2D eigenvalue weighted by molar-refractivity contribution is 14.1. The lowest BCUT2D eigenvalue weighted by Crippen LogP contribution is -2.21. The molecular weight excluding hydrogens is 433 g/mol. The van der Waals surface area contributed by atoms with Crippen molar-refractivity contribution in [2.24, 2.45) is 0 Å². The molecular formula is C18H18IN3O3. The molecule has 1 N–H and O–H groups in total. The zero-order valence-corrected chi connectivity index (χ0v) is 16.1. The number of hydrogen-bond donors (Lipinski definition) is 1. The number of hydrogen-bond acceptors (Lipinski definition) is 6. The Balaban J connectivity index is 2.09. The SMILES string of the molecule is COc1cc(OC)cc(N(CCO)c2ccc3ncc(I)nc3c2)c1. The molecule has 0 radical (unpaired) electrons. The van der Waals surface area contributed by atoms with Crippen molar-refractivity contribution < 1.29 is 14.6 Å². The maximum absolute atomic E-state index is 9.54. The van der Waals surface area contributed by atoms with Crippen LogP contribution in [0.2, 0.25) is 0 Å². The second-order valence-corrected chi connectivity index (χ2v) is 6.42. The Labute approximate surface area is 159 Å². The minimum atomic E-state index is 0.00949. The molecule has 3 aromatic rings. The second kappa shape index (κ2) is 7.83.